The first-order valence-corrected chi connectivity index (χ1v) is 4.49. The molecule has 0 fully saturated rings. The summed E-state index contributed by atoms with van der Waals surface area (Å²) < 4.78 is 0. The van der Waals surface area contributed by atoms with E-state index in [2.05, 4.69) is 5.32 Å². The van der Waals surface area contributed by atoms with Gasteiger partial charge in [-0.2, -0.15) is 0 Å². The van der Waals surface area contributed by atoms with Crippen LogP contribution in [0.15, 0.2) is 5.38 Å². The molecule has 13 heavy (non-hydrogen) atoms. The largest absolute Gasteiger partial charge is 0.477 e. The lowest BCUT2D eigenvalue weighted by Crippen LogP contribution is -2.06. The van der Waals surface area contributed by atoms with E-state index >= 15 is 0 Å². The van der Waals surface area contributed by atoms with Crippen molar-refractivity contribution in [2.75, 3.05) is 5.32 Å². The van der Waals surface area contributed by atoms with E-state index in [9.17, 15) is 9.59 Å². The summed E-state index contributed by atoms with van der Waals surface area (Å²) in [4.78, 5) is 21.6. The van der Waals surface area contributed by atoms with Gasteiger partial charge in [0.15, 0.2) is 0 Å². The zero-order valence-corrected chi connectivity index (χ0v) is 8.07. The molecular weight excluding hydrogens is 190 g/mol. The van der Waals surface area contributed by atoms with E-state index in [-0.39, 0.29) is 10.8 Å². The van der Waals surface area contributed by atoms with Crippen LogP contribution >= 0.6 is 11.3 Å². The minimum Gasteiger partial charge on any atom is -0.477 e. The Morgan fingerprint density at radius 2 is 2.15 bits per heavy atom. The molecular formula is C8H9NO3S. The van der Waals surface area contributed by atoms with Gasteiger partial charge in [0.05, 0.1) is 5.69 Å². The van der Waals surface area contributed by atoms with Gasteiger partial charge in [-0.15, -0.1) is 11.3 Å². The number of aromatic carboxylic acids is 1. The Bertz CT molecular complexity index is 356. The molecule has 1 rings (SSSR count). The predicted octanol–water partition coefficient (Wildman–Crippen LogP) is 1.71. The van der Waals surface area contributed by atoms with Crippen molar-refractivity contribution in [2.24, 2.45) is 0 Å². The minimum atomic E-state index is -0.959. The highest BCUT2D eigenvalue weighted by Gasteiger charge is 2.13. The zero-order chi connectivity index (χ0) is 10.0. The topological polar surface area (TPSA) is 66.4 Å². The number of amides is 1. The quantitative estimate of drug-likeness (QED) is 0.762. The van der Waals surface area contributed by atoms with E-state index < -0.39 is 5.97 Å². The summed E-state index contributed by atoms with van der Waals surface area (Å²) in [5, 5.41) is 12.9. The second-order valence-electron chi connectivity index (χ2n) is 2.59. The Labute approximate surface area is 79.2 Å². The molecule has 1 aromatic rings. The third kappa shape index (κ3) is 2.06. The average Bonchev–Trinajstić information content (AvgIpc) is 2.32. The van der Waals surface area contributed by atoms with Crippen LogP contribution in [0.4, 0.5) is 5.69 Å². The van der Waals surface area contributed by atoms with Crippen molar-refractivity contribution in [2.45, 2.75) is 13.8 Å². The molecule has 0 unspecified atom stereocenters. The molecule has 4 nitrogen and oxygen atoms in total. The fourth-order valence-electron chi connectivity index (χ4n) is 0.941. The number of thiophene rings is 1. The first-order valence-electron chi connectivity index (χ1n) is 3.61. The zero-order valence-electron chi connectivity index (χ0n) is 7.25. The molecule has 0 saturated heterocycles. The SMILES string of the molecule is CC(=O)Nc1csc(C(=O)O)c1C. The normalized spacial score (nSPS) is 9.69. The molecule has 0 radical (unpaired) electrons. The first kappa shape index (κ1) is 9.73. The van der Waals surface area contributed by atoms with Crippen molar-refractivity contribution in [3.05, 3.63) is 15.8 Å². The molecule has 2 N–H and O–H groups in total. The summed E-state index contributed by atoms with van der Waals surface area (Å²) in [5.74, 6) is -1.16. The van der Waals surface area contributed by atoms with E-state index in [0.29, 0.717) is 11.3 Å². The molecule has 0 saturated carbocycles. The van der Waals surface area contributed by atoms with E-state index in [1.165, 1.54) is 6.92 Å². The molecule has 1 amide bonds. The number of carbonyl (C=O) groups is 2. The molecule has 1 aromatic heterocycles. The van der Waals surface area contributed by atoms with Crippen molar-refractivity contribution in [1.29, 1.82) is 0 Å². The Kier molecular flexibility index (Phi) is 2.67. The van der Waals surface area contributed by atoms with E-state index in [1.807, 2.05) is 0 Å². The minimum absolute atomic E-state index is 0.196. The van der Waals surface area contributed by atoms with Gasteiger partial charge in [-0.3, -0.25) is 4.79 Å². The fraction of sp³-hybridized carbons (Fsp3) is 0.250. The molecule has 1 heterocycles. The van der Waals surface area contributed by atoms with Gasteiger partial charge >= 0.3 is 5.97 Å². The Balaban J connectivity index is 2.99. The van der Waals surface area contributed by atoms with Crippen LogP contribution in [0.25, 0.3) is 0 Å². The second-order valence-corrected chi connectivity index (χ2v) is 3.47. The molecule has 0 aliphatic rings. The average molecular weight is 199 g/mol. The third-order valence-corrected chi connectivity index (χ3v) is 2.61. The highest BCUT2D eigenvalue weighted by molar-refractivity contribution is 7.12. The van der Waals surface area contributed by atoms with Crippen LogP contribution in [0, 0.1) is 6.92 Å². The molecule has 5 heteroatoms. The van der Waals surface area contributed by atoms with Crippen molar-refractivity contribution >= 4 is 28.9 Å². The van der Waals surface area contributed by atoms with Crippen LogP contribution < -0.4 is 5.32 Å². The van der Waals surface area contributed by atoms with Crippen LogP contribution in [0.1, 0.15) is 22.2 Å². The van der Waals surface area contributed by atoms with Gasteiger partial charge in [0, 0.05) is 12.3 Å². The van der Waals surface area contributed by atoms with Crippen molar-refractivity contribution in [1.82, 2.24) is 0 Å². The van der Waals surface area contributed by atoms with Crippen LogP contribution in [0.2, 0.25) is 0 Å². The number of nitrogens with one attached hydrogen (secondary N) is 1. The predicted molar refractivity (Wildman–Crippen MR) is 50.3 cm³/mol. The maximum atomic E-state index is 10.7. The molecule has 0 aliphatic heterocycles. The lowest BCUT2D eigenvalue weighted by atomic mass is 10.2. The summed E-state index contributed by atoms with van der Waals surface area (Å²) in [6.45, 7) is 3.06. The standard InChI is InChI=1S/C8H9NO3S/c1-4-6(9-5(2)10)3-13-7(4)8(11)12/h3H,1-2H3,(H,9,10)(H,11,12). The van der Waals surface area contributed by atoms with Crippen LogP contribution in [0.3, 0.4) is 0 Å². The maximum absolute atomic E-state index is 10.7. The molecule has 0 aromatic carbocycles. The summed E-state index contributed by atoms with van der Waals surface area (Å²) in [6, 6.07) is 0. The first-order chi connectivity index (χ1) is 6.02. The van der Waals surface area contributed by atoms with Gasteiger partial charge in [0.2, 0.25) is 5.91 Å². The smallest absolute Gasteiger partial charge is 0.346 e. The molecule has 0 atom stereocenters. The molecule has 0 aliphatic carbocycles. The number of rotatable bonds is 2. The van der Waals surface area contributed by atoms with Gasteiger partial charge in [0.1, 0.15) is 4.88 Å². The van der Waals surface area contributed by atoms with Crippen molar-refractivity contribution in [3.63, 3.8) is 0 Å². The van der Waals surface area contributed by atoms with Crippen molar-refractivity contribution < 1.29 is 14.7 Å². The summed E-state index contributed by atoms with van der Waals surface area (Å²) >= 11 is 1.11. The fourth-order valence-corrected chi connectivity index (χ4v) is 1.80. The monoisotopic (exact) mass is 199 g/mol. The Morgan fingerprint density at radius 1 is 1.54 bits per heavy atom. The number of anilines is 1. The second kappa shape index (κ2) is 3.57. The Morgan fingerprint density at radius 3 is 2.54 bits per heavy atom. The molecule has 70 valence electrons. The van der Waals surface area contributed by atoms with Crippen LogP contribution in [0.5, 0.6) is 0 Å². The number of carboxylic acid groups (broad SMARTS) is 1. The van der Waals surface area contributed by atoms with Gasteiger partial charge in [0.25, 0.3) is 0 Å². The number of hydrogen-bond donors (Lipinski definition) is 2. The van der Waals surface area contributed by atoms with Gasteiger partial charge in [-0.25, -0.2) is 4.79 Å². The third-order valence-electron chi connectivity index (χ3n) is 1.54. The lowest BCUT2D eigenvalue weighted by Gasteiger charge is -1.99. The van der Waals surface area contributed by atoms with Gasteiger partial charge in [-0.05, 0) is 12.5 Å². The number of carboxylic acids is 1. The summed E-state index contributed by atoms with van der Waals surface area (Å²) in [7, 11) is 0. The van der Waals surface area contributed by atoms with E-state index in [1.54, 1.807) is 12.3 Å². The summed E-state index contributed by atoms with van der Waals surface area (Å²) in [5.41, 5.74) is 1.18. The van der Waals surface area contributed by atoms with E-state index in [0.717, 1.165) is 11.3 Å². The Hall–Kier alpha value is -1.36. The van der Waals surface area contributed by atoms with Crippen molar-refractivity contribution in [3.8, 4) is 0 Å². The highest BCUT2D eigenvalue weighted by Crippen LogP contribution is 2.26. The number of carbonyl (C=O) groups excluding carboxylic acids is 1. The van der Waals surface area contributed by atoms with Crippen LogP contribution in [-0.4, -0.2) is 17.0 Å². The summed E-state index contributed by atoms with van der Waals surface area (Å²) in [6.07, 6.45) is 0. The highest BCUT2D eigenvalue weighted by atomic mass is 32.1. The van der Waals surface area contributed by atoms with Gasteiger partial charge in [-0.1, -0.05) is 0 Å². The van der Waals surface area contributed by atoms with Crippen LogP contribution in [-0.2, 0) is 4.79 Å². The lowest BCUT2D eigenvalue weighted by molar-refractivity contribution is -0.114. The maximum Gasteiger partial charge on any atom is 0.346 e. The van der Waals surface area contributed by atoms with E-state index in [4.69, 9.17) is 5.11 Å². The molecule has 0 bridgehead atoms. The molecule has 0 spiro atoms. The number of hydrogen-bond acceptors (Lipinski definition) is 3. The van der Waals surface area contributed by atoms with Gasteiger partial charge < -0.3 is 10.4 Å².